The first-order valence-corrected chi connectivity index (χ1v) is 13.5. The molecule has 3 nitrogen and oxygen atoms in total. The summed E-state index contributed by atoms with van der Waals surface area (Å²) in [5, 5.41) is 6.59. The smallest absolute Gasteiger partial charge is 0.0535 e. The Hall–Kier alpha value is -1.02. The van der Waals surface area contributed by atoms with E-state index in [1.165, 1.54) is 14.6 Å². The molecule has 1 aliphatic heterocycles. The van der Waals surface area contributed by atoms with E-state index in [2.05, 4.69) is 88.0 Å². The molecule has 6 heteroatoms. The molecule has 0 spiro atoms. The van der Waals surface area contributed by atoms with Gasteiger partial charge in [0.2, 0.25) is 0 Å². The van der Waals surface area contributed by atoms with Gasteiger partial charge in [-0.25, -0.2) is 0 Å². The van der Waals surface area contributed by atoms with Gasteiger partial charge in [0, 0.05) is 32.8 Å². The summed E-state index contributed by atoms with van der Waals surface area (Å²) in [5.74, 6) is 0. The lowest BCUT2D eigenvalue weighted by atomic mass is 10.1. The van der Waals surface area contributed by atoms with Crippen LogP contribution in [-0.4, -0.2) is 52.8 Å². The van der Waals surface area contributed by atoms with Crippen LogP contribution in [0.2, 0.25) is 0 Å². The van der Waals surface area contributed by atoms with E-state index in [9.17, 15) is 0 Å². The molecule has 0 radical (unpaired) electrons. The molecule has 30 heavy (non-hydrogen) atoms. The molecule has 1 saturated heterocycles. The molecule has 3 aromatic rings. The van der Waals surface area contributed by atoms with Crippen LogP contribution in [0.3, 0.4) is 0 Å². The predicted octanol–water partition coefficient (Wildman–Crippen LogP) is 5.86. The maximum atomic E-state index is 2.68. The fourth-order valence-corrected chi connectivity index (χ4v) is 6.70. The van der Waals surface area contributed by atoms with Crippen molar-refractivity contribution in [2.24, 2.45) is 0 Å². The minimum atomic E-state index is 0.539. The maximum Gasteiger partial charge on any atom is 0.0535 e. The van der Waals surface area contributed by atoms with Gasteiger partial charge >= 0.3 is 0 Å². The second kappa shape index (κ2) is 10.5. The second-order valence-electron chi connectivity index (χ2n) is 8.59. The molecule has 162 valence electrons. The molecule has 1 fully saturated rings. The van der Waals surface area contributed by atoms with Gasteiger partial charge in [-0.05, 0) is 74.4 Å². The molecule has 3 unspecified atom stereocenters. The number of rotatable bonds is 9. The highest BCUT2D eigenvalue weighted by Gasteiger charge is 2.31. The normalized spacial score (nSPS) is 19.7. The Morgan fingerprint density at radius 3 is 1.13 bits per heavy atom. The Bertz CT molecular complexity index is 724. The third-order valence-corrected chi connectivity index (χ3v) is 8.89. The van der Waals surface area contributed by atoms with Crippen LogP contribution in [0.1, 0.15) is 35.4 Å². The molecule has 0 saturated carbocycles. The second-order valence-corrected chi connectivity index (χ2v) is 11.7. The van der Waals surface area contributed by atoms with Crippen molar-refractivity contribution in [3.05, 3.63) is 67.2 Å². The van der Waals surface area contributed by atoms with E-state index in [4.69, 9.17) is 0 Å². The lowest BCUT2D eigenvalue weighted by Crippen LogP contribution is -2.61. The zero-order valence-electron chi connectivity index (χ0n) is 18.2. The average Bonchev–Trinajstić information content (AvgIpc) is 3.51. The SMILES string of the molecule is CC(Cc1cccs1)N1CN(C(C)Cc2cccs2)CN(C(C)Cc2cccs2)C1. The van der Waals surface area contributed by atoms with Crippen molar-refractivity contribution in [1.29, 1.82) is 0 Å². The molecule has 4 heterocycles. The molecule has 0 amide bonds. The third-order valence-electron chi connectivity index (χ3n) is 6.19. The molecule has 0 N–H and O–H groups in total. The van der Waals surface area contributed by atoms with Crippen molar-refractivity contribution in [3.8, 4) is 0 Å². The third kappa shape index (κ3) is 5.81. The van der Waals surface area contributed by atoms with Crippen molar-refractivity contribution >= 4 is 34.0 Å². The highest BCUT2D eigenvalue weighted by molar-refractivity contribution is 7.10. The first-order valence-electron chi connectivity index (χ1n) is 10.9. The molecule has 4 rings (SSSR count). The average molecular weight is 460 g/mol. The molecule has 0 aliphatic carbocycles. The van der Waals surface area contributed by atoms with E-state index in [1.54, 1.807) is 0 Å². The van der Waals surface area contributed by atoms with Crippen molar-refractivity contribution in [2.45, 2.75) is 58.2 Å². The lowest BCUT2D eigenvalue weighted by Gasteiger charge is -2.48. The summed E-state index contributed by atoms with van der Waals surface area (Å²) < 4.78 is 0. The zero-order chi connectivity index (χ0) is 20.9. The fraction of sp³-hybridized carbons (Fsp3) is 0.500. The molecule has 1 aliphatic rings. The van der Waals surface area contributed by atoms with Crippen LogP contribution < -0.4 is 0 Å². The van der Waals surface area contributed by atoms with Gasteiger partial charge in [0.05, 0.1) is 20.0 Å². The van der Waals surface area contributed by atoms with Gasteiger partial charge in [0.15, 0.2) is 0 Å². The molecular formula is C24H33N3S3. The van der Waals surface area contributed by atoms with Gasteiger partial charge in [0.1, 0.15) is 0 Å². The van der Waals surface area contributed by atoms with Gasteiger partial charge in [-0.1, -0.05) is 18.2 Å². The van der Waals surface area contributed by atoms with Crippen LogP contribution in [0, 0.1) is 0 Å². The Labute approximate surface area is 193 Å². The summed E-state index contributed by atoms with van der Waals surface area (Å²) in [5.41, 5.74) is 0. The lowest BCUT2D eigenvalue weighted by molar-refractivity contribution is -0.0773. The van der Waals surface area contributed by atoms with Gasteiger partial charge in [-0.15, -0.1) is 34.0 Å². The molecule has 0 aromatic carbocycles. The number of hydrogen-bond donors (Lipinski definition) is 0. The minimum Gasteiger partial charge on any atom is -0.274 e. The Kier molecular flexibility index (Phi) is 7.79. The molecule has 3 aromatic heterocycles. The first-order chi connectivity index (χ1) is 14.6. The van der Waals surface area contributed by atoms with Crippen LogP contribution in [0.4, 0.5) is 0 Å². The van der Waals surface area contributed by atoms with Gasteiger partial charge in [-0.2, -0.15) is 0 Å². The van der Waals surface area contributed by atoms with E-state index >= 15 is 0 Å². The number of hydrogen-bond acceptors (Lipinski definition) is 6. The summed E-state index contributed by atoms with van der Waals surface area (Å²) >= 11 is 5.65. The van der Waals surface area contributed by atoms with E-state index < -0.39 is 0 Å². The fourth-order valence-electron chi connectivity index (χ4n) is 4.22. The van der Waals surface area contributed by atoms with Crippen LogP contribution in [0.25, 0.3) is 0 Å². The van der Waals surface area contributed by atoms with Crippen molar-refractivity contribution in [1.82, 2.24) is 14.7 Å². The van der Waals surface area contributed by atoms with Crippen LogP contribution >= 0.6 is 34.0 Å². The summed E-state index contributed by atoms with van der Waals surface area (Å²) in [6.45, 7) is 10.4. The minimum absolute atomic E-state index is 0.539. The van der Waals surface area contributed by atoms with Gasteiger partial charge < -0.3 is 0 Å². The van der Waals surface area contributed by atoms with E-state index in [1.807, 2.05) is 34.0 Å². The van der Waals surface area contributed by atoms with Crippen LogP contribution in [0.15, 0.2) is 52.5 Å². The molecule has 3 atom stereocenters. The summed E-state index contributed by atoms with van der Waals surface area (Å²) in [4.78, 5) is 12.5. The first kappa shape index (κ1) is 22.2. The molecule has 0 bridgehead atoms. The largest absolute Gasteiger partial charge is 0.274 e. The number of thiophene rings is 3. The van der Waals surface area contributed by atoms with Crippen molar-refractivity contribution < 1.29 is 0 Å². The highest BCUT2D eigenvalue weighted by Crippen LogP contribution is 2.23. The van der Waals surface area contributed by atoms with Gasteiger partial charge in [-0.3, -0.25) is 14.7 Å². The summed E-state index contributed by atoms with van der Waals surface area (Å²) in [6.07, 6.45) is 3.41. The molecular weight excluding hydrogens is 426 g/mol. The predicted molar refractivity (Wildman–Crippen MR) is 133 cm³/mol. The van der Waals surface area contributed by atoms with E-state index in [-0.39, 0.29) is 0 Å². The van der Waals surface area contributed by atoms with Crippen molar-refractivity contribution in [2.75, 3.05) is 20.0 Å². The number of nitrogens with zero attached hydrogens (tertiary/aromatic N) is 3. The van der Waals surface area contributed by atoms with Gasteiger partial charge in [0.25, 0.3) is 0 Å². The highest BCUT2D eigenvalue weighted by atomic mass is 32.1. The quantitative estimate of drug-likeness (QED) is 0.397. The van der Waals surface area contributed by atoms with E-state index in [0.717, 1.165) is 39.3 Å². The summed E-state index contributed by atoms with van der Waals surface area (Å²) in [6, 6.07) is 15.0. The van der Waals surface area contributed by atoms with E-state index in [0.29, 0.717) is 18.1 Å². The standard InChI is InChI=1S/C24H33N3S3/c1-19(13-22-7-4-10-28-22)25-16-26(20(2)14-23-8-5-11-29-23)18-27(17-25)21(3)15-24-9-6-12-30-24/h4-12,19-21H,13-18H2,1-3H3. The van der Waals surface area contributed by atoms with Crippen molar-refractivity contribution in [3.63, 3.8) is 0 Å². The Morgan fingerprint density at radius 2 is 0.900 bits per heavy atom. The Balaban J connectivity index is 1.46. The summed E-state index contributed by atoms with van der Waals surface area (Å²) in [7, 11) is 0. The van der Waals surface area contributed by atoms with Crippen LogP contribution in [0.5, 0.6) is 0 Å². The van der Waals surface area contributed by atoms with Crippen LogP contribution in [-0.2, 0) is 19.3 Å². The topological polar surface area (TPSA) is 9.72 Å². The maximum absolute atomic E-state index is 2.68. The Morgan fingerprint density at radius 1 is 0.600 bits per heavy atom. The zero-order valence-corrected chi connectivity index (χ0v) is 20.7. The monoisotopic (exact) mass is 459 g/mol.